The van der Waals surface area contributed by atoms with E-state index in [0.29, 0.717) is 18.9 Å². The van der Waals surface area contributed by atoms with E-state index in [2.05, 4.69) is 20.8 Å². The minimum Gasteiger partial charge on any atom is -0.465 e. The molecule has 2 heteroatoms. The summed E-state index contributed by atoms with van der Waals surface area (Å²) < 4.78 is 5.50. The third kappa shape index (κ3) is 3.52. The lowest BCUT2D eigenvalue weighted by Crippen LogP contribution is -2.28. The maximum atomic E-state index is 11.7. The molecular formula is C17H30O2. The molecule has 0 aromatic rings. The topological polar surface area (TPSA) is 26.3 Å². The van der Waals surface area contributed by atoms with Gasteiger partial charge in [0, 0.05) is 6.42 Å². The Hall–Kier alpha value is -0.530. The van der Waals surface area contributed by atoms with Gasteiger partial charge >= 0.3 is 5.97 Å². The van der Waals surface area contributed by atoms with Crippen molar-refractivity contribution in [2.75, 3.05) is 6.61 Å². The van der Waals surface area contributed by atoms with Crippen molar-refractivity contribution >= 4 is 5.97 Å². The molecule has 0 aliphatic heterocycles. The van der Waals surface area contributed by atoms with Gasteiger partial charge in [-0.05, 0) is 48.9 Å². The molecule has 0 heterocycles. The molecule has 110 valence electrons. The number of unbranched alkanes of at least 4 members (excludes halogenated alkanes) is 3. The second-order valence-electron chi connectivity index (χ2n) is 6.87. The predicted octanol–water partition coefficient (Wildman–Crippen LogP) is 4.43. The summed E-state index contributed by atoms with van der Waals surface area (Å²) >= 11 is 0. The summed E-state index contributed by atoms with van der Waals surface area (Å²) in [5, 5.41) is 0. The molecule has 0 aromatic carbocycles. The smallest absolute Gasteiger partial charge is 0.305 e. The maximum absolute atomic E-state index is 11.7. The second-order valence-corrected chi connectivity index (χ2v) is 6.87. The van der Waals surface area contributed by atoms with Crippen molar-refractivity contribution in [3.05, 3.63) is 0 Å². The lowest BCUT2D eigenvalue weighted by molar-refractivity contribution is -0.146. The van der Waals surface area contributed by atoms with Crippen LogP contribution in [0.2, 0.25) is 0 Å². The first-order valence-electron chi connectivity index (χ1n) is 8.29. The van der Waals surface area contributed by atoms with E-state index in [9.17, 15) is 4.79 Å². The number of esters is 1. The van der Waals surface area contributed by atoms with Crippen LogP contribution in [0.4, 0.5) is 0 Å². The summed E-state index contributed by atoms with van der Waals surface area (Å²) in [6.07, 6.45) is 7.89. The van der Waals surface area contributed by atoms with Crippen molar-refractivity contribution < 1.29 is 9.53 Å². The molecule has 5 atom stereocenters. The Kier molecular flexibility index (Phi) is 5.29. The van der Waals surface area contributed by atoms with Crippen LogP contribution in [-0.2, 0) is 9.53 Å². The molecule has 2 aliphatic carbocycles. The third-order valence-electron chi connectivity index (χ3n) is 5.73. The Bertz CT molecular complexity index is 298. The van der Waals surface area contributed by atoms with Crippen LogP contribution in [-0.4, -0.2) is 12.6 Å². The zero-order valence-corrected chi connectivity index (χ0v) is 12.9. The van der Waals surface area contributed by atoms with Crippen LogP contribution in [0.1, 0.15) is 65.7 Å². The first-order valence-corrected chi connectivity index (χ1v) is 8.29. The van der Waals surface area contributed by atoms with Gasteiger partial charge in [-0.3, -0.25) is 4.79 Å². The van der Waals surface area contributed by atoms with E-state index < -0.39 is 0 Å². The highest BCUT2D eigenvalue weighted by molar-refractivity contribution is 5.69. The van der Waals surface area contributed by atoms with Crippen LogP contribution in [0.5, 0.6) is 0 Å². The third-order valence-corrected chi connectivity index (χ3v) is 5.73. The number of hydrogen-bond acceptors (Lipinski definition) is 2. The SMILES string of the molecule is CCCCCCC(=O)OCC1CC2CC1C(C)C2C. The summed E-state index contributed by atoms with van der Waals surface area (Å²) in [6.45, 7) is 7.65. The van der Waals surface area contributed by atoms with Crippen LogP contribution < -0.4 is 0 Å². The number of fused-ring (bicyclic) bond motifs is 2. The molecule has 2 bridgehead atoms. The summed E-state index contributed by atoms with van der Waals surface area (Å²) in [6, 6.07) is 0. The standard InChI is InChI=1S/C17H30O2/c1-4-5-6-7-8-17(18)19-11-15-9-14-10-16(15)13(3)12(14)2/h12-16H,4-11H2,1-3H3. The van der Waals surface area contributed by atoms with E-state index in [1.54, 1.807) is 0 Å². The van der Waals surface area contributed by atoms with E-state index >= 15 is 0 Å². The number of carbonyl (C=O) groups excluding carboxylic acids is 1. The summed E-state index contributed by atoms with van der Waals surface area (Å²) in [4.78, 5) is 11.7. The predicted molar refractivity (Wildman–Crippen MR) is 77.8 cm³/mol. The van der Waals surface area contributed by atoms with Gasteiger partial charge < -0.3 is 4.74 Å². The fourth-order valence-corrected chi connectivity index (χ4v) is 4.25. The fraction of sp³-hybridized carbons (Fsp3) is 0.941. The minimum absolute atomic E-state index is 0.0274. The highest BCUT2D eigenvalue weighted by atomic mass is 16.5. The molecule has 2 fully saturated rings. The average molecular weight is 266 g/mol. The molecule has 0 spiro atoms. The van der Waals surface area contributed by atoms with Crippen molar-refractivity contribution in [3.8, 4) is 0 Å². The number of ether oxygens (including phenoxy) is 1. The van der Waals surface area contributed by atoms with E-state index in [1.165, 1.54) is 25.7 Å². The van der Waals surface area contributed by atoms with Gasteiger partial charge in [-0.15, -0.1) is 0 Å². The van der Waals surface area contributed by atoms with Crippen molar-refractivity contribution in [3.63, 3.8) is 0 Å². The zero-order valence-electron chi connectivity index (χ0n) is 12.9. The monoisotopic (exact) mass is 266 g/mol. The summed E-state index contributed by atoms with van der Waals surface area (Å²) in [5.74, 6) is 4.09. The van der Waals surface area contributed by atoms with Gasteiger partial charge in [0.1, 0.15) is 0 Å². The molecule has 19 heavy (non-hydrogen) atoms. The van der Waals surface area contributed by atoms with Crippen LogP contribution in [0.25, 0.3) is 0 Å². The van der Waals surface area contributed by atoms with Gasteiger partial charge in [0.2, 0.25) is 0 Å². The van der Waals surface area contributed by atoms with Gasteiger partial charge in [0.15, 0.2) is 0 Å². The van der Waals surface area contributed by atoms with Gasteiger partial charge in [0.25, 0.3) is 0 Å². The quantitative estimate of drug-likeness (QED) is 0.503. The number of rotatable bonds is 7. The highest BCUT2D eigenvalue weighted by Crippen LogP contribution is 2.54. The Morgan fingerprint density at radius 3 is 2.53 bits per heavy atom. The average Bonchev–Trinajstić information content (AvgIpc) is 2.93. The number of hydrogen-bond donors (Lipinski definition) is 0. The Morgan fingerprint density at radius 2 is 1.89 bits per heavy atom. The van der Waals surface area contributed by atoms with E-state index in [-0.39, 0.29) is 5.97 Å². The van der Waals surface area contributed by atoms with Crippen molar-refractivity contribution in [2.45, 2.75) is 65.7 Å². The molecule has 2 aliphatic rings. The summed E-state index contributed by atoms with van der Waals surface area (Å²) in [7, 11) is 0. The largest absolute Gasteiger partial charge is 0.465 e. The molecule has 5 unspecified atom stereocenters. The zero-order chi connectivity index (χ0) is 13.8. The van der Waals surface area contributed by atoms with Gasteiger partial charge in [-0.2, -0.15) is 0 Å². The summed E-state index contributed by atoms with van der Waals surface area (Å²) in [5.41, 5.74) is 0. The van der Waals surface area contributed by atoms with E-state index in [0.717, 1.165) is 36.5 Å². The highest BCUT2D eigenvalue weighted by Gasteiger charge is 2.48. The van der Waals surface area contributed by atoms with Crippen molar-refractivity contribution in [1.82, 2.24) is 0 Å². The lowest BCUT2D eigenvalue weighted by Gasteiger charge is -2.31. The second kappa shape index (κ2) is 6.76. The molecular weight excluding hydrogens is 236 g/mol. The molecule has 0 N–H and O–H groups in total. The first-order chi connectivity index (χ1) is 9.13. The maximum Gasteiger partial charge on any atom is 0.305 e. The van der Waals surface area contributed by atoms with Gasteiger partial charge in [0.05, 0.1) is 6.61 Å². The van der Waals surface area contributed by atoms with Crippen LogP contribution >= 0.6 is 0 Å². The Balaban J connectivity index is 1.63. The van der Waals surface area contributed by atoms with Crippen LogP contribution in [0.3, 0.4) is 0 Å². The number of carbonyl (C=O) groups is 1. The molecule has 0 aromatic heterocycles. The molecule has 2 nitrogen and oxygen atoms in total. The van der Waals surface area contributed by atoms with Crippen LogP contribution in [0.15, 0.2) is 0 Å². The fourth-order valence-electron chi connectivity index (χ4n) is 4.25. The van der Waals surface area contributed by atoms with Crippen molar-refractivity contribution in [1.29, 1.82) is 0 Å². The molecule has 2 rings (SSSR count). The molecule has 2 saturated carbocycles. The van der Waals surface area contributed by atoms with Gasteiger partial charge in [-0.25, -0.2) is 0 Å². The minimum atomic E-state index is 0.0274. The Labute approximate surface area is 118 Å². The van der Waals surface area contributed by atoms with Gasteiger partial charge in [-0.1, -0.05) is 40.0 Å². The Morgan fingerprint density at radius 1 is 1.11 bits per heavy atom. The van der Waals surface area contributed by atoms with E-state index in [4.69, 9.17) is 4.74 Å². The normalized spacial score (nSPS) is 36.7. The van der Waals surface area contributed by atoms with Crippen molar-refractivity contribution in [2.24, 2.45) is 29.6 Å². The molecule has 0 saturated heterocycles. The first kappa shape index (κ1) is 14.9. The molecule has 0 amide bonds. The molecule has 0 radical (unpaired) electrons. The van der Waals surface area contributed by atoms with Crippen LogP contribution in [0, 0.1) is 29.6 Å². The lowest BCUT2D eigenvalue weighted by atomic mass is 9.76. The van der Waals surface area contributed by atoms with E-state index in [1.807, 2.05) is 0 Å².